The highest BCUT2D eigenvalue weighted by atomic mass is 14.9. The second kappa shape index (κ2) is 4.58. The van der Waals surface area contributed by atoms with E-state index in [1.165, 1.54) is 27.9 Å². The predicted octanol–water partition coefficient (Wildman–Crippen LogP) is 5.04. The molecular formula is C18H19N. The van der Waals surface area contributed by atoms with Gasteiger partial charge in [0, 0.05) is 17.4 Å². The molecule has 0 saturated heterocycles. The highest BCUT2D eigenvalue weighted by Gasteiger charge is 2.03. The van der Waals surface area contributed by atoms with E-state index in [2.05, 4.69) is 79.9 Å². The Morgan fingerprint density at radius 2 is 1.42 bits per heavy atom. The standard InChI is InChI=1S/C18H19N/c1-13(2)15-5-7-16(8-6-15)17-9-11-18-10-4-14(3)19(18)12-17/h4-13H,1-3H3. The van der Waals surface area contributed by atoms with Crippen LogP contribution in [0, 0.1) is 6.92 Å². The first-order valence-electron chi connectivity index (χ1n) is 6.83. The fraction of sp³-hybridized carbons (Fsp3) is 0.222. The zero-order valence-corrected chi connectivity index (χ0v) is 11.7. The number of hydrogen-bond donors (Lipinski definition) is 0. The third-order valence-corrected chi connectivity index (χ3v) is 3.77. The van der Waals surface area contributed by atoms with Gasteiger partial charge >= 0.3 is 0 Å². The molecule has 0 aliphatic heterocycles. The zero-order valence-electron chi connectivity index (χ0n) is 11.7. The van der Waals surface area contributed by atoms with Crippen LogP contribution in [-0.2, 0) is 0 Å². The molecule has 3 rings (SSSR count). The third kappa shape index (κ3) is 2.17. The normalized spacial score (nSPS) is 11.4. The zero-order chi connectivity index (χ0) is 13.4. The van der Waals surface area contributed by atoms with Gasteiger partial charge in [-0.25, -0.2) is 0 Å². The number of rotatable bonds is 2. The van der Waals surface area contributed by atoms with Crippen LogP contribution in [0.4, 0.5) is 0 Å². The fourth-order valence-corrected chi connectivity index (χ4v) is 2.47. The lowest BCUT2D eigenvalue weighted by atomic mass is 9.99. The third-order valence-electron chi connectivity index (χ3n) is 3.77. The van der Waals surface area contributed by atoms with Crippen molar-refractivity contribution in [2.75, 3.05) is 0 Å². The predicted molar refractivity (Wildman–Crippen MR) is 81.7 cm³/mol. The van der Waals surface area contributed by atoms with Gasteiger partial charge in [-0.1, -0.05) is 44.2 Å². The molecule has 0 radical (unpaired) electrons. The van der Waals surface area contributed by atoms with Gasteiger partial charge in [-0.2, -0.15) is 0 Å². The molecule has 2 heterocycles. The number of fused-ring (bicyclic) bond motifs is 1. The summed E-state index contributed by atoms with van der Waals surface area (Å²) < 4.78 is 2.24. The van der Waals surface area contributed by atoms with Crippen LogP contribution >= 0.6 is 0 Å². The van der Waals surface area contributed by atoms with Gasteiger partial charge in [0.05, 0.1) is 0 Å². The Labute approximate surface area is 114 Å². The van der Waals surface area contributed by atoms with Gasteiger partial charge in [-0.05, 0) is 47.7 Å². The summed E-state index contributed by atoms with van der Waals surface area (Å²) in [6.45, 7) is 6.59. The molecule has 0 aliphatic rings. The highest BCUT2D eigenvalue weighted by Crippen LogP contribution is 2.24. The van der Waals surface area contributed by atoms with E-state index in [0.29, 0.717) is 5.92 Å². The molecule has 3 aromatic rings. The van der Waals surface area contributed by atoms with Crippen LogP contribution < -0.4 is 0 Å². The average Bonchev–Trinajstić information content (AvgIpc) is 2.80. The maximum absolute atomic E-state index is 2.24. The van der Waals surface area contributed by atoms with Crippen molar-refractivity contribution < 1.29 is 0 Å². The summed E-state index contributed by atoms with van der Waals surface area (Å²) in [6, 6.07) is 17.6. The first-order valence-corrected chi connectivity index (χ1v) is 6.83. The van der Waals surface area contributed by atoms with Crippen molar-refractivity contribution in [3.63, 3.8) is 0 Å². The van der Waals surface area contributed by atoms with Crippen molar-refractivity contribution in [1.29, 1.82) is 0 Å². The molecule has 0 bridgehead atoms. The van der Waals surface area contributed by atoms with Crippen molar-refractivity contribution in [2.24, 2.45) is 0 Å². The van der Waals surface area contributed by atoms with E-state index in [-0.39, 0.29) is 0 Å². The fourth-order valence-electron chi connectivity index (χ4n) is 2.47. The molecule has 0 amide bonds. The van der Waals surface area contributed by atoms with E-state index in [1.54, 1.807) is 0 Å². The largest absolute Gasteiger partial charge is 0.321 e. The number of aromatic nitrogens is 1. The average molecular weight is 249 g/mol. The molecule has 0 atom stereocenters. The summed E-state index contributed by atoms with van der Waals surface area (Å²) >= 11 is 0. The van der Waals surface area contributed by atoms with Crippen LogP contribution in [0.5, 0.6) is 0 Å². The van der Waals surface area contributed by atoms with E-state index in [1.807, 2.05) is 0 Å². The lowest BCUT2D eigenvalue weighted by Gasteiger charge is -2.08. The molecule has 1 nitrogen and oxygen atoms in total. The van der Waals surface area contributed by atoms with Gasteiger partial charge in [0.2, 0.25) is 0 Å². The maximum Gasteiger partial charge on any atom is 0.0453 e. The lowest BCUT2D eigenvalue weighted by molar-refractivity contribution is 0.867. The Bertz CT molecular complexity index is 702. The molecule has 0 spiro atoms. The van der Waals surface area contributed by atoms with Crippen LogP contribution in [0.1, 0.15) is 31.0 Å². The first-order chi connectivity index (χ1) is 9.15. The van der Waals surface area contributed by atoms with E-state index >= 15 is 0 Å². The molecule has 1 heteroatoms. The van der Waals surface area contributed by atoms with E-state index in [0.717, 1.165) is 0 Å². The summed E-state index contributed by atoms with van der Waals surface area (Å²) in [4.78, 5) is 0. The van der Waals surface area contributed by atoms with Gasteiger partial charge in [0.25, 0.3) is 0 Å². The SMILES string of the molecule is Cc1ccc2ccc(-c3ccc(C(C)C)cc3)cn12. The number of aryl methyl sites for hydroxylation is 1. The molecule has 0 unspecified atom stereocenters. The second-order valence-corrected chi connectivity index (χ2v) is 5.46. The van der Waals surface area contributed by atoms with Crippen LogP contribution in [0.15, 0.2) is 54.7 Å². The lowest BCUT2D eigenvalue weighted by Crippen LogP contribution is -1.90. The summed E-state index contributed by atoms with van der Waals surface area (Å²) in [7, 11) is 0. The Kier molecular flexibility index (Phi) is 2.90. The molecule has 96 valence electrons. The van der Waals surface area contributed by atoms with Gasteiger partial charge in [-0.3, -0.25) is 0 Å². The van der Waals surface area contributed by atoms with Gasteiger partial charge < -0.3 is 4.40 Å². The maximum atomic E-state index is 2.24. The first kappa shape index (κ1) is 12.0. The molecule has 0 fully saturated rings. The van der Waals surface area contributed by atoms with Crippen LogP contribution in [0.2, 0.25) is 0 Å². The number of hydrogen-bond acceptors (Lipinski definition) is 0. The van der Waals surface area contributed by atoms with Gasteiger partial charge in [0.15, 0.2) is 0 Å². The summed E-state index contributed by atoms with van der Waals surface area (Å²) in [6.07, 6.45) is 2.22. The Morgan fingerprint density at radius 1 is 0.789 bits per heavy atom. The monoisotopic (exact) mass is 249 g/mol. The van der Waals surface area contributed by atoms with Crippen LogP contribution in [0.3, 0.4) is 0 Å². The molecule has 1 aromatic carbocycles. The van der Waals surface area contributed by atoms with Crippen molar-refractivity contribution in [2.45, 2.75) is 26.7 Å². The highest BCUT2D eigenvalue weighted by molar-refractivity contribution is 5.66. The topological polar surface area (TPSA) is 4.41 Å². The van der Waals surface area contributed by atoms with E-state index in [9.17, 15) is 0 Å². The van der Waals surface area contributed by atoms with E-state index < -0.39 is 0 Å². The summed E-state index contributed by atoms with van der Waals surface area (Å²) in [5, 5.41) is 0. The molecule has 0 N–H and O–H groups in total. The molecule has 0 aliphatic carbocycles. The Hall–Kier alpha value is -2.02. The molecule has 19 heavy (non-hydrogen) atoms. The van der Waals surface area contributed by atoms with Crippen LogP contribution in [-0.4, -0.2) is 4.40 Å². The Morgan fingerprint density at radius 3 is 2.11 bits per heavy atom. The summed E-state index contributed by atoms with van der Waals surface area (Å²) in [5.74, 6) is 0.586. The molecule has 2 aromatic heterocycles. The van der Waals surface area contributed by atoms with E-state index in [4.69, 9.17) is 0 Å². The van der Waals surface area contributed by atoms with Crippen molar-refractivity contribution in [3.05, 3.63) is 66.0 Å². The minimum Gasteiger partial charge on any atom is -0.321 e. The second-order valence-electron chi connectivity index (χ2n) is 5.46. The van der Waals surface area contributed by atoms with Gasteiger partial charge in [0.1, 0.15) is 0 Å². The minimum absolute atomic E-state index is 0.586. The summed E-state index contributed by atoms with van der Waals surface area (Å²) in [5.41, 5.74) is 6.46. The van der Waals surface area contributed by atoms with Crippen molar-refractivity contribution in [3.8, 4) is 11.1 Å². The van der Waals surface area contributed by atoms with Gasteiger partial charge in [-0.15, -0.1) is 0 Å². The molecule has 0 saturated carbocycles. The molecular weight excluding hydrogens is 230 g/mol. The quantitative estimate of drug-likeness (QED) is 0.599. The smallest absolute Gasteiger partial charge is 0.0453 e. The van der Waals surface area contributed by atoms with Crippen molar-refractivity contribution >= 4 is 5.52 Å². The number of nitrogens with zero attached hydrogens (tertiary/aromatic N) is 1. The number of benzene rings is 1. The minimum atomic E-state index is 0.586. The van der Waals surface area contributed by atoms with Crippen molar-refractivity contribution in [1.82, 2.24) is 4.40 Å². The number of pyridine rings is 1. The Balaban J connectivity index is 2.05. The van der Waals surface area contributed by atoms with Crippen LogP contribution in [0.25, 0.3) is 16.6 Å².